The summed E-state index contributed by atoms with van der Waals surface area (Å²) in [7, 11) is 0. The van der Waals surface area contributed by atoms with E-state index in [2.05, 4.69) is 41.1 Å². The first-order valence-corrected chi connectivity index (χ1v) is 6.39. The summed E-state index contributed by atoms with van der Waals surface area (Å²) in [4.78, 5) is 6.80. The number of hydrogen-bond donors (Lipinski definition) is 1. The van der Waals surface area contributed by atoms with Crippen LogP contribution >= 0.6 is 0 Å². The van der Waals surface area contributed by atoms with Gasteiger partial charge in [0, 0.05) is 6.54 Å². The van der Waals surface area contributed by atoms with Crippen molar-refractivity contribution < 1.29 is 0 Å². The van der Waals surface area contributed by atoms with Gasteiger partial charge in [-0.3, -0.25) is 4.99 Å². The van der Waals surface area contributed by atoms with E-state index in [0.717, 1.165) is 38.3 Å². The summed E-state index contributed by atoms with van der Waals surface area (Å²) in [5.74, 6) is 0.736. The van der Waals surface area contributed by atoms with Crippen LogP contribution in [0.15, 0.2) is 29.3 Å². The quantitative estimate of drug-likeness (QED) is 0.836. The number of guanidine groups is 1. The molecule has 0 saturated carbocycles. The molecule has 0 amide bonds. The predicted octanol–water partition coefficient (Wildman–Crippen LogP) is 1.56. The lowest BCUT2D eigenvalue weighted by Gasteiger charge is -2.35. The van der Waals surface area contributed by atoms with Gasteiger partial charge in [-0.05, 0) is 30.4 Å². The zero-order chi connectivity index (χ0) is 11.9. The number of nitrogens with zero attached hydrogens (tertiary/aromatic N) is 2. The zero-order valence-electron chi connectivity index (χ0n) is 10.3. The Hall–Kier alpha value is -1.51. The normalized spacial score (nSPS) is 20.8. The minimum Gasteiger partial charge on any atom is -0.370 e. The Morgan fingerprint density at radius 1 is 1.29 bits per heavy atom. The summed E-state index contributed by atoms with van der Waals surface area (Å²) in [5.41, 5.74) is 9.11. The lowest BCUT2D eigenvalue weighted by molar-refractivity contribution is 0.211. The van der Waals surface area contributed by atoms with Crippen molar-refractivity contribution >= 4 is 5.96 Å². The predicted molar refractivity (Wildman–Crippen MR) is 70.1 cm³/mol. The van der Waals surface area contributed by atoms with Crippen LogP contribution in [0.2, 0.25) is 0 Å². The SMILES string of the molecule is CCCN1C(N)=NCC12Cc1ccccc1C2. The Bertz CT molecular complexity index is 439. The van der Waals surface area contributed by atoms with Gasteiger partial charge in [-0.15, -0.1) is 0 Å². The van der Waals surface area contributed by atoms with Crippen molar-refractivity contribution in [2.75, 3.05) is 13.1 Å². The molecule has 90 valence electrons. The number of hydrogen-bond acceptors (Lipinski definition) is 3. The van der Waals surface area contributed by atoms with Crippen molar-refractivity contribution in [3.8, 4) is 0 Å². The van der Waals surface area contributed by atoms with Gasteiger partial charge in [0.15, 0.2) is 5.96 Å². The number of nitrogens with two attached hydrogens (primary N) is 1. The Morgan fingerprint density at radius 3 is 2.53 bits per heavy atom. The maximum absolute atomic E-state index is 6.03. The van der Waals surface area contributed by atoms with Crippen LogP contribution in [0.25, 0.3) is 0 Å². The largest absolute Gasteiger partial charge is 0.370 e. The summed E-state index contributed by atoms with van der Waals surface area (Å²) in [5, 5.41) is 0. The highest BCUT2D eigenvalue weighted by Gasteiger charge is 2.45. The highest BCUT2D eigenvalue weighted by atomic mass is 15.4. The lowest BCUT2D eigenvalue weighted by Crippen LogP contribution is -2.52. The van der Waals surface area contributed by atoms with Gasteiger partial charge in [0.2, 0.25) is 0 Å². The standard InChI is InChI=1S/C14H19N3/c1-2-7-17-13(15)16-10-14(17)8-11-5-3-4-6-12(11)9-14/h3-6H,2,7-10H2,1H3,(H2,15,16). The molecule has 1 aliphatic heterocycles. The maximum Gasteiger partial charge on any atom is 0.191 e. The Morgan fingerprint density at radius 2 is 1.94 bits per heavy atom. The molecule has 0 saturated heterocycles. The highest BCUT2D eigenvalue weighted by molar-refractivity contribution is 5.81. The molecule has 1 heterocycles. The van der Waals surface area contributed by atoms with Crippen LogP contribution in [0.1, 0.15) is 24.5 Å². The summed E-state index contributed by atoms with van der Waals surface area (Å²) in [6, 6.07) is 8.73. The number of rotatable bonds is 2. The molecule has 3 heteroatoms. The first-order valence-electron chi connectivity index (χ1n) is 6.39. The Kier molecular flexibility index (Phi) is 2.35. The molecule has 2 aliphatic rings. The fraction of sp³-hybridized carbons (Fsp3) is 0.500. The molecule has 0 aromatic heterocycles. The second-order valence-corrected chi connectivity index (χ2v) is 5.17. The van der Waals surface area contributed by atoms with Gasteiger partial charge < -0.3 is 10.6 Å². The summed E-state index contributed by atoms with van der Waals surface area (Å²) >= 11 is 0. The van der Waals surface area contributed by atoms with Crippen LogP contribution in [0.5, 0.6) is 0 Å². The molecule has 0 atom stereocenters. The van der Waals surface area contributed by atoms with Gasteiger partial charge in [0.1, 0.15) is 0 Å². The van der Waals surface area contributed by atoms with Crippen molar-refractivity contribution in [1.29, 1.82) is 0 Å². The van der Waals surface area contributed by atoms with Crippen molar-refractivity contribution in [2.45, 2.75) is 31.7 Å². The zero-order valence-corrected chi connectivity index (χ0v) is 10.3. The van der Waals surface area contributed by atoms with E-state index < -0.39 is 0 Å². The van der Waals surface area contributed by atoms with E-state index in [9.17, 15) is 0 Å². The molecule has 0 unspecified atom stereocenters. The molecule has 1 spiro atoms. The molecule has 2 N–H and O–H groups in total. The fourth-order valence-corrected chi connectivity index (χ4v) is 3.19. The molecule has 0 fully saturated rings. The van der Waals surface area contributed by atoms with Crippen molar-refractivity contribution in [1.82, 2.24) is 4.90 Å². The van der Waals surface area contributed by atoms with E-state index in [-0.39, 0.29) is 5.54 Å². The Labute approximate surface area is 102 Å². The molecule has 0 radical (unpaired) electrons. The lowest BCUT2D eigenvalue weighted by atomic mass is 9.94. The van der Waals surface area contributed by atoms with Gasteiger partial charge >= 0.3 is 0 Å². The Balaban J connectivity index is 1.91. The molecule has 1 aromatic rings. The van der Waals surface area contributed by atoms with Gasteiger partial charge in [0.05, 0.1) is 12.1 Å². The summed E-state index contributed by atoms with van der Waals surface area (Å²) < 4.78 is 0. The second-order valence-electron chi connectivity index (χ2n) is 5.17. The van der Waals surface area contributed by atoms with Gasteiger partial charge in [0.25, 0.3) is 0 Å². The smallest absolute Gasteiger partial charge is 0.191 e. The van der Waals surface area contributed by atoms with Gasteiger partial charge in [-0.2, -0.15) is 0 Å². The van der Waals surface area contributed by atoms with Crippen molar-refractivity contribution in [2.24, 2.45) is 10.7 Å². The fourth-order valence-electron chi connectivity index (χ4n) is 3.19. The third-order valence-electron chi connectivity index (χ3n) is 3.99. The van der Waals surface area contributed by atoms with Crippen LogP contribution in [0.3, 0.4) is 0 Å². The van der Waals surface area contributed by atoms with Gasteiger partial charge in [-0.1, -0.05) is 31.2 Å². The first kappa shape index (κ1) is 10.6. The number of fused-ring (bicyclic) bond motifs is 1. The highest BCUT2D eigenvalue weighted by Crippen LogP contribution is 2.37. The van der Waals surface area contributed by atoms with Crippen molar-refractivity contribution in [3.05, 3.63) is 35.4 Å². The minimum atomic E-state index is 0.143. The van der Waals surface area contributed by atoms with Crippen LogP contribution in [0, 0.1) is 0 Å². The number of benzene rings is 1. The summed E-state index contributed by atoms with van der Waals surface area (Å²) in [6.07, 6.45) is 3.30. The average molecular weight is 229 g/mol. The molecular formula is C14H19N3. The van der Waals surface area contributed by atoms with Crippen LogP contribution < -0.4 is 5.73 Å². The second kappa shape index (κ2) is 3.76. The molecule has 0 bridgehead atoms. The van der Waals surface area contributed by atoms with E-state index in [1.807, 2.05) is 0 Å². The molecular weight excluding hydrogens is 210 g/mol. The molecule has 1 aliphatic carbocycles. The van der Waals surface area contributed by atoms with E-state index in [1.165, 1.54) is 11.1 Å². The summed E-state index contributed by atoms with van der Waals surface area (Å²) in [6.45, 7) is 4.07. The molecule has 3 rings (SSSR count). The van der Waals surface area contributed by atoms with Crippen molar-refractivity contribution in [3.63, 3.8) is 0 Å². The van der Waals surface area contributed by atoms with Crippen LogP contribution in [0.4, 0.5) is 0 Å². The first-order chi connectivity index (χ1) is 8.25. The average Bonchev–Trinajstić information content (AvgIpc) is 2.84. The van der Waals surface area contributed by atoms with Crippen LogP contribution in [-0.2, 0) is 12.8 Å². The topological polar surface area (TPSA) is 41.6 Å². The van der Waals surface area contributed by atoms with E-state index >= 15 is 0 Å². The third kappa shape index (κ3) is 1.53. The molecule has 1 aromatic carbocycles. The third-order valence-corrected chi connectivity index (χ3v) is 3.99. The monoisotopic (exact) mass is 229 g/mol. The van der Waals surface area contributed by atoms with E-state index in [0.29, 0.717) is 0 Å². The molecule has 17 heavy (non-hydrogen) atoms. The number of aliphatic imine (C=N–C) groups is 1. The van der Waals surface area contributed by atoms with Gasteiger partial charge in [-0.25, -0.2) is 0 Å². The minimum absolute atomic E-state index is 0.143. The van der Waals surface area contributed by atoms with E-state index in [4.69, 9.17) is 5.73 Å². The van der Waals surface area contributed by atoms with Crippen LogP contribution in [-0.4, -0.2) is 29.5 Å². The maximum atomic E-state index is 6.03. The van der Waals surface area contributed by atoms with E-state index in [1.54, 1.807) is 0 Å². The molecule has 3 nitrogen and oxygen atoms in total.